The van der Waals surface area contributed by atoms with E-state index < -0.39 is 0 Å². The first-order valence-electron chi connectivity index (χ1n) is 17.2. The Labute approximate surface area is 298 Å². The van der Waals surface area contributed by atoms with Crippen molar-refractivity contribution in [1.29, 1.82) is 0 Å². The Morgan fingerprint density at radius 2 is 1.65 bits per heavy atom. The van der Waals surface area contributed by atoms with Crippen LogP contribution in [0.1, 0.15) is 60.3 Å². The van der Waals surface area contributed by atoms with Crippen LogP contribution in [-0.4, -0.2) is 39.6 Å². The van der Waals surface area contributed by atoms with Crippen molar-refractivity contribution in [2.45, 2.75) is 54.4 Å². The van der Waals surface area contributed by atoms with Crippen molar-refractivity contribution in [2.75, 3.05) is 18.5 Å². The topological polar surface area (TPSA) is 99.7 Å². The van der Waals surface area contributed by atoms with Crippen LogP contribution in [0.25, 0.3) is 28.0 Å². The summed E-state index contributed by atoms with van der Waals surface area (Å²) in [7, 11) is 0. The smallest absolute Gasteiger partial charge is 0.282 e. The minimum Gasteiger partial charge on any atom is -0.494 e. The fourth-order valence-corrected chi connectivity index (χ4v) is 6.19. The van der Waals surface area contributed by atoms with Crippen molar-refractivity contribution in [3.8, 4) is 28.6 Å². The van der Waals surface area contributed by atoms with Gasteiger partial charge in [0.05, 0.1) is 23.7 Å². The minimum absolute atomic E-state index is 0.102. The zero-order valence-electron chi connectivity index (χ0n) is 30.2. The van der Waals surface area contributed by atoms with Gasteiger partial charge >= 0.3 is 0 Å². The summed E-state index contributed by atoms with van der Waals surface area (Å²) in [4.78, 5) is 31.4. The monoisotopic (exact) mass is 681 g/mol. The summed E-state index contributed by atoms with van der Waals surface area (Å²) in [6, 6.07) is 28.7. The third-order valence-corrected chi connectivity index (χ3v) is 8.86. The first-order chi connectivity index (χ1) is 24.5. The highest BCUT2D eigenvalue weighted by molar-refractivity contribution is 5.92. The summed E-state index contributed by atoms with van der Waals surface area (Å²) in [5.74, 6) is 1.86. The van der Waals surface area contributed by atoms with E-state index in [4.69, 9.17) is 19.6 Å². The zero-order chi connectivity index (χ0) is 36.2. The van der Waals surface area contributed by atoms with Crippen molar-refractivity contribution in [3.05, 3.63) is 135 Å². The van der Waals surface area contributed by atoms with E-state index in [0.29, 0.717) is 29.1 Å². The molecule has 0 aliphatic carbocycles. The molecule has 0 fully saturated rings. The average molecular weight is 682 g/mol. The van der Waals surface area contributed by atoms with E-state index in [0.717, 1.165) is 56.3 Å². The summed E-state index contributed by atoms with van der Waals surface area (Å²) in [6.07, 6.45) is 1.72. The van der Waals surface area contributed by atoms with Crippen LogP contribution in [-0.2, 0) is 4.79 Å². The van der Waals surface area contributed by atoms with Crippen molar-refractivity contribution in [1.82, 2.24) is 14.2 Å². The Kier molecular flexibility index (Phi) is 10.2. The lowest BCUT2D eigenvalue weighted by Gasteiger charge is -2.18. The molecule has 6 rings (SSSR count). The Hall–Kier alpha value is -5.96. The summed E-state index contributed by atoms with van der Waals surface area (Å²) in [6.45, 7) is 14.7. The second kappa shape index (κ2) is 14.9. The molecule has 4 aromatic carbocycles. The van der Waals surface area contributed by atoms with Gasteiger partial charge in [-0.3, -0.25) is 9.59 Å². The van der Waals surface area contributed by atoms with Crippen molar-refractivity contribution < 1.29 is 14.3 Å². The Bertz CT molecular complexity index is 2300. The van der Waals surface area contributed by atoms with E-state index in [1.807, 2.05) is 113 Å². The zero-order valence-corrected chi connectivity index (χ0v) is 30.2. The number of nitrogens with zero attached hydrogens (tertiary/aromatic N) is 4. The molecule has 0 unspecified atom stereocenters. The van der Waals surface area contributed by atoms with E-state index in [2.05, 4.69) is 29.8 Å². The van der Waals surface area contributed by atoms with Crippen LogP contribution in [0.5, 0.6) is 11.5 Å². The number of amides is 1. The molecule has 9 nitrogen and oxygen atoms in total. The minimum atomic E-state index is -0.247. The van der Waals surface area contributed by atoms with Gasteiger partial charge in [0.15, 0.2) is 12.4 Å². The number of fused-ring (bicyclic) bond motifs is 1. The molecule has 0 bridgehead atoms. The summed E-state index contributed by atoms with van der Waals surface area (Å²) in [5, 5.41) is 8.13. The van der Waals surface area contributed by atoms with Gasteiger partial charge in [0, 0.05) is 33.9 Å². The first kappa shape index (κ1) is 34.9. The number of carbonyl (C=O) groups is 1. The maximum absolute atomic E-state index is 14.0. The van der Waals surface area contributed by atoms with Gasteiger partial charge in [0.1, 0.15) is 11.5 Å². The average Bonchev–Trinajstić information content (AvgIpc) is 3.40. The molecule has 2 heterocycles. The van der Waals surface area contributed by atoms with Crippen LogP contribution in [0.15, 0.2) is 101 Å². The lowest BCUT2D eigenvalue weighted by Crippen LogP contribution is -2.21. The second-order valence-electron chi connectivity index (χ2n) is 13.0. The van der Waals surface area contributed by atoms with Gasteiger partial charge in [-0.15, -0.1) is 0 Å². The van der Waals surface area contributed by atoms with E-state index in [9.17, 15) is 9.59 Å². The number of rotatable bonds is 11. The number of ether oxygens (including phenoxy) is 2. The van der Waals surface area contributed by atoms with Crippen molar-refractivity contribution >= 4 is 28.7 Å². The molecule has 51 heavy (non-hydrogen) atoms. The van der Waals surface area contributed by atoms with Gasteiger partial charge in [-0.2, -0.15) is 9.78 Å². The number of hydrogen-bond donors (Lipinski definition) is 1. The predicted molar refractivity (Wildman–Crippen MR) is 205 cm³/mol. The van der Waals surface area contributed by atoms with Gasteiger partial charge in [-0.05, 0) is 118 Å². The highest BCUT2D eigenvalue weighted by Gasteiger charge is 2.19. The third-order valence-electron chi connectivity index (χ3n) is 8.86. The van der Waals surface area contributed by atoms with Crippen LogP contribution < -0.4 is 20.3 Å². The molecule has 2 aromatic heterocycles. The van der Waals surface area contributed by atoms with Crippen molar-refractivity contribution in [3.63, 3.8) is 0 Å². The lowest BCUT2D eigenvalue weighted by molar-refractivity contribution is -0.118. The maximum Gasteiger partial charge on any atom is 0.282 e. The molecule has 0 saturated heterocycles. The van der Waals surface area contributed by atoms with Gasteiger partial charge in [0.25, 0.3) is 11.5 Å². The number of para-hydroxylation sites is 1. The number of nitrogens with one attached hydrogen (secondary N) is 1. The van der Waals surface area contributed by atoms with E-state index in [1.54, 1.807) is 12.3 Å². The second-order valence-corrected chi connectivity index (χ2v) is 13.0. The molecule has 0 saturated carbocycles. The van der Waals surface area contributed by atoms with Gasteiger partial charge in [-0.25, -0.2) is 4.98 Å². The number of hydrogen-bond acceptors (Lipinski definition) is 6. The SMILES string of the molecule is CCOc1cc(C)c(-c2nc3ccccc3c(=O)n2N=Cc2cc(C)n(-c3ccc(OCC(=O)Nc4ccc(C)cc4)cc3)c2C)cc1C(C)C. The fraction of sp³-hybridized carbons (Fsp3) is 0.238. The molecule has 6 aromatic rings. The number of benzene rings is 4. The standard InChI is InChI=1S/C42H43N5O4/c1-8-50-39-21-28(5)37(23-36(39)26(2)3)41-45-38-12-10-9-11-35(38)42(49)47(41)43-24-31-22-29(6)46(30(31)7)33-17-19-34(20-18-33)51-25-40(48)44-32-15-13-27(4)14-16-32/h9-24,26H,8,25H2,1-7H3,(H,44,48). The normalized spacial score (nSPS) is 11.5. The molecule has 9 heteroatoms. The van der Waals surface area contributed by atoms with Gasteiger partial charge < -0.3 is 19.4 Å². The van der Waals surface area contributed by atoms with Crippen LogP contribution in [0.2, 0.25) is 0 Å². The Balaban J connectivity index is 1.29. The van der Waals surface area contributed by atoms with Gasteiger partial charge in [-0.1, -0.05) is 43.7 Å². The summed E-state index contributed by atoms with van der Waals surface area (Å²) in [5.41, 5.74) is 8.75. The molecule has 0 aliphatic heterocycles. The maximum atomic E-state index is 14.0. The first-order valence-corrected chi connectivity index (χ1v) is 17.2. The van der Waals surface area contributed by atoms with Crippen LogP contribution in [0, 0.1) is 27.7 Å². The molecule has 0 spiro atoms. The van der Waals surface area contributed by atoms with E-state index in [-0.39, 0.29) is 24.0 Å². The quantitative estimate of drug-likeness (QED) is 0.138. The van der Waals surface area contributed by atoms with Gasteiger partial charge in [0.2, 0.25) is 0 Å². The predicted octanol–water partition coefficient (Wildman–Crippen LogP) is 8.51. The highest BCUT2D eigenvalue weighted by atomic mass is 16.5. The molecule has 0 atom stereocenters. The third kappa shape index (κ3) is 7.48. The molecule has 260 valence electrons. The highest BCUT2D eigenvalue weighted by Crippen LogP contribution is 2.34. The summed E-state index contributed by atoms with van der Waals surface area (Å²) < 4.78 is 15.2. The van der Waals surface area contributed by atoms with Crippen LogP contribution >= 0.6 is 0 Å². The number of carbonyl (C=O) groups excluding carboxylic acids is 1. The number of anilines is 1. The van der Waals surface area contributed by atoms with E-state index >= 15 is 0 Å². The lowest BCUT2D eigenvalue weighted by atomic mass is 9.96. The van der Waals surface area contributed by atoms with Crippen LogP contribution in [0.3, 0.4) is 0 Å². The molecule has 0 radical (unpaired) electrons. The largest absolute Gasteiger partial charge is 0.494 e. The fourth-order valence-electron chi connectivity index (χ4n) is 6.19. The number of aromatic nitrogens is 3. The molecule has 1 amide bonds. The molecule has 1 N–H and O–H groups in total. The molecule has 0 aliphatic rings. The van der Waals surface area contributed by atoms with E-state index in [1.165, 1.54) is 4.68 Å². The Morgan fingerprint density at radius 3 is 2.35 bits per heavy atom. The Morgan fingerprint density at radius 1 is 0.922 bits per heavy atom. The molecular formula is C42H43N5O4. The van der Waals surface area contributed by atoms with Crippen molar-refractivity contribution in [2.24, 2.45) is 5.10 Å². The van der Waals surface area contributed by atoms with Crippen LogP contribution in [0.4, 0.5) is 5.69 Å². The number of aryl methyl sites for hydroxylation is 3. The molecular weight excluding hydrogens is 638 g/mol. The summed E-state index contributed by atoms with van der Waals surface area (Å²) >= 11 is 0.